The molecule has 7 nitrogen and oxygen atoms in total. The average molecular weight is 340 g/mol. The number of fused-ring (bicyclic) bond motifs is 1. The first-order chi connectivity index (χ1) is 12.1. The van der Waals surface area contributed by atoms with Crippen LogP contribution >= 0.6 is 0 Å². The van der Waals surface area contributed by atoms with Gasteiger partial charge in [-0.1, -0.05) is 0 Å². The minimum Gasteiger partial charge on any atom is -0.369 e. The van der Waals surface area contributed by atoms with Gasteiger partial charge < -0.3 is 10.2 Å². The number of aromatic nitrogens is 4. The van der Waals surface area contributed by atoms with Crippen molar-refractivity contribution < 1.29 is 4.79 Å². The van der Waals surface area contributed by atoms with Crippen molar-refractivity contribution in [3.8, 4) is 0 Å². The lowest BCUT2D eigenvalue weighted by molar-refractivity contribution is -0.127. The van der Waals surface area contributed by atoms with Gasteiger partial charge in [0.2, 0.25) is 5.91 Å². The summed E-state index contributed by atoms with van der Waals surface area (Å²) in [5, 5.41) is 7.77. The molecule has 2 atom stereocenters. The molecular formula is C18H24N6O. The van der Waals surface area contributed by atoms with Gasteiger partial charge in [-0.2, -0.15) is 5.10 Å². The normalized spacial score (nSPS) is 23.0. The highest BCUT2D eigenvalue weighted by Crippen LogP contribution is 2.37. The molecule has 2 aliphatic rings. The molecule has 1 saturated heterocycles. The summed E-state index contributed by atoms with van der Waals surface area (Å²) in [6.45, 7) is 0.721. The number of likely N-dealkylation sites (tertiary alicyclic amines) is 1. The second kappa shape index (κ2) is 6.46. The largest absolute Gasteiger partial charge is 0.369 e. The van der Waals surface area contributed by atoms with Gasteiger partial charge in [0.05, 0.1) is 12.2 Å². The number of aryl methyl sites for hydroxylation is 2. The summed E-state index contributed by atoms with van der Waals surface area (Å²) < 4.78 is 1.79. The first kappa shape index (κ1) is 16.1. The second-order valence-electron chi connectivity index (χ2n) is 7.10. The fraction of sp³-hybridized carbons (Fsp3) is 0.556. The molecule has 25 heavy (non-hydrogen) atoms. The zero-order chi connectivity index (χ0) is 17.4. The van der Waals surface area contributed by atoms with Gasteiger partial charge in [0.1, 0.15) is 12.1 Å². The van der Waals surface area contributed by atoms with E-state index in [1.165, 1.54) is 24.1 Å². The van der Waals surface area contributed by atoms with Crippen molar-refractivity contribution in [1.82, 2.24) is 24.6 Å². The first-order valence-corrected chi connectivity index (χ1v) is 8.94. The highest BCUT2D eigenvalue weighted by molar-refractivity contribution is 5.79. The van der Waals surface area contributed by atoms with Crippen LogP contribution in [-0.4, -0.2) is 44.1 Å². The maximum Gasteiger partial charge on any atom is 0.223 e. The third kappa shape index (κ3) is 2.99. The van der Waals surface area contributed by atoms with Crippen molar-refractivity contribution in [2.75, 3.05) is 18.9 Å². The molecule has 0 aromatic carbocycles. The number of carbonyl (C=O) groups excluding carboxylic acids is 1. The van der Waals surface area contributed by atoms with Gasteiger partial charge in [0, 0.05) is 56.0 Å². The highest BCUT2D eigenvalue weighted by Gasteiger charge is 2.39. The van der Waals surface area contributed by atoms with Crippen LogP contribution < -0.4 is 5.32 Å². The van der Waals surface area contributed by atoms with Gasteiger partial charge in [-0.05, 0) is 25.7 Å². The molecule has 0 bridgehead atoms. The Bertz CT molecular complexity index is 786. The summed E-state index contributed by atoms with van der Waals surface area (Å²) in [5.41, 5.74) is 3.52. The molecule has 0 radical (unpaired) electrons. The smallest absolute Gasteiger partial charge is 0.223 e. The molecule has 1 aliphatic carbocycles. The van der Waals surface area contributed by atoms with Gasteiger partial charge in [-0.3, -0.25) is 9.48 Å². The van der Waals surface area contributed by atoms with Crippen LogP contribution in [0.2, 0.25) is 0 Å². The van der Waals surface area contributed by atoms with E-state index in [4.69, 9.17) is 0 Å². The number of hydrogen-bond acceptors (Lipinski definition) is 5. The Morgan fingerprint density at radius 3 is 2.88 bits per heavy atom. The molecular weight excluding hydrogens is 316 g/mol. The standard InChI is InChI=1S/C18H24N6O/c1-23-10-13(9-22-23)17-12(7-16(25)24(17)2)8-19-18-14-5-3-4-6-15(14)20-11-21-18/h9-12,17H,3-8H2,1-2H3,(H,19,20,21)/t12-,17+/m0/s1. The Labute approximate surface area is 147 Å². The van der Waals surface area contributed by atoms with Crippen molar-refractivity contribution in [3.63, 3.8) is 0 Å². The van der Waals surface area contributed by atoms with Crippen LogP contribution in [0.5, 0.6) is 0 Å². The van der Waals surface area contributed by atoms with Gasteiger partial charge in [-0.15, -0.1) is 0 Å². The summed E-state index contributed by atoms with van der Waals surface area (Å²) in [6.07, 6.45) is 10.5. The van der Waals surface area contributed by atoms with Gasteiger partial charge in [-0.25, -0.2) is 9.97 Å². The topological polar surface area (TPSA) is 75.9 Å². The average Bonchev–Trinajstić information content (AvgIpc) is 3.16. The number of anilines is 1. The first-order valence-electron chi connectivity index (χ1n) is 8.94. The Morgan fingerprint density at radius 2 is 2.08 bits per heavy atom. The molecule has 4 rings (SSSR count). The van der Waals surface area contributed by atoms with Crippen molar-refractivity contribution in [3.05, 3.63) is 35.5 Å². The molecule has 1 N–H and O–H groups in total. The Morgan fingerprint density at radius 1 is 1.24 bits per heavy atom. The van der Waals surface area contributed by atoms with Crippen molar-refractivity contribution in [2.24, 2.45) is 13.0 Å². The van der Waals surface area contributed by atoms with E-state index < -0.39 is 0 Å². The lowest BCUT2D eigenvalue weighted by Crippen LogP contribution is -2.26. The molecule has 7 heteroatoms. The van der Waals surface area contributed by atoms with Crippen LogP contribution in [0, 0.1) is 5.92 Å². The monoisotopic (exact) mass is 340 g/mol. The molecule has 2 aromatic rings. The number of carbonyl (C=O) groups is 1. The Hall–Kier alpha value is -2.44. The molecule has 1 aliphatic heterocycles. The van der Waals surface area contributed by atoms with E-state index in [2.05, 4.69) is 20.4 Å². The minimum absolute atomic E-state index is 0.0614. The summed E-state index contributed by atoms with van der Waals surface area (Å²) in [6, 6.07) is 0.0614. The number of rotatable bonds is 4. The number of amides is 1. The minimum atomic E-state index is 0.0614. The van der Waals surface area contributed by atoms with Crippen molar-refractivity contribution in [2.45, 2.75) is 38.1 Å². The zero-order valence-electron chi connectivity index (χ0n) is 14.8. The third-order valence-electron chi connectivity index (χ3n) is 5.42. The van der Waals surface area contributed by atoms with Crippen molar-refractivity contribution in [1.29, 1.82) is 0 Å². The Balaban J connectivity index is 1.53. The molecule has 0 saturated carbocycles. The van der Waals surface area contributed by atoms with E-state index in [-0.39, 0.29) is 17.9 Å². The molecule has 2 aromatic heterocycles. The molecule has 0 unspecified atom stereocenters. The maximum atomic E-state index is 12.3. The summed E-state index contributed by atoms with van der Waals surface area (Å²) in [7, 11) is 3.78. The lowest BCUT2D eigenvalue weighted by atomic mass is 9.94. The molecule has 1 fully saturated rings. The van der Waals surface area contributed by atoms with Crippen LogP contribution in [0.25, 0.3) is 0 Å². The second-order valence-corrected chi connectivity index (χ2v) is 7.10. The molecule has 1 amide bonds. The van der Waals surface area contributed by atoms with E-state index in [9.17, 15) is 4.79 Å². The van der Waals surface area contributed by atoms with Crippen LogP contribution in [-0.2, 0) is 24.7 Å². The van der Waals surface area contributed by atoms with Gasteiger partial charge >= 0.3 is 0 Å². The molecule has 0 spiro atoms. The predicted molar refractivity (Wildman–Crippen MR) is 94.0 cm³/mol. The zero-order valence-corrected chi connectivity index (χ0v) is 14.8. The molecule has 132 valence electrons. The van der Waals surface area contributed by atoms with E-state index >= 15 is 0 Å². The number of hydrogen-bond donors (Lipinski definition) is 1. The quantitative estimate of drug-likeness (QED) is 0.917. The third-order valence-corrected chi connectivity index (χ3v) is 5.42. The van der Waals surface area contributed by atoms with Crippen LogP contribution in [0.4, 0.5) is 5.82 Å². The fourth-order valence-corrected chi connectivity index (χ4v) is 4.12. The van der Waals surface area contributed by atoms with E-state index in [0.29, 0.717) is 6.42 Å². The highest BCUT2D eigenvalue weighted by atomic mass is 16.2. The van der Waals surface area contributed by atoms with Crippen molar-refractivity contribution >= 4 is 11.7 Å². The Kier molecular flexibility index (Phi) is 4.15. The summed E-state index contributed by atoms with van der Waals surface area (Å²) in [5.74, 6) is 1.33. The van der Waals surface area contributed by atoms with Crippen LogP contribution in [0.3, 0.4) is 0 Å². The predicted octanol–water partition coefficient (Wildman–Crippen LogP) is 1.72. The summed E-state index contributed by atoms with van der Waals surface area (Å²) in [4.78, 5) is 23.0. The summed E-state index contributed by atoms with van der Waals surface area (Å²) >= 11 is 0. The maximum absolute atomic E-state index is 12.3. The van der Waals surface area contributed by atoms with Gasteiger partial charge in [0.25, 0.3) is 0 Å². The van der Waals surface area contributed by atoms with Crippen LogP contribution in [0.1, 0.15) is 42.1 Å². The number of nitrogens with zero attached hydrogens (tertiary/aromatic N) is 5. The van der Waals surface area contributed by atoms with E-state index in [1.54, 1.807) is 11.0 Å². The molecule has 3 heterocycles. The van der Waals surface area contributed by atoms with E-state index in [1.807, 2.05) is 31.4 Å². The van der Waals surface area contributed by atoms with Crippen LogP contribution in [0.15, 0.2) is 18.7 Å². The number of nitrogens with one attached hydrogen (secondary N) is 1. The lowest BCUT2D eigenvalue weighted by Gasteiger charge is -2.25. The van der Waals surface area contributed by atoms with E-state index in [0.717, 1.165) is 30.8 Å². The fourth-order valence-electron chi connectivity index (χ4n) is 4.12. The van der Waals surface area contributed by atoms with Gasteiger partial charge in [0.15, 0.2) is 0 Å². The SMILES string of the molecule is CN1C(=O)C[C@@H](CNc2ncnc3c2CCCC3)[C@@H]1c1cnn(C)c1.